The Hall–Kier alpha value is -5.44. The van der Waals surface area contributed by atoms with E-state index in [0.717, 1.165) is 0 Å². The molecule has 0 spiro atoms. The zero-order valence-corrected chi connectivity index (χ0v) is 27.1. The summed E-state index contributed by atoms with van der Waals surface area (Å²) in [7, 11) is 0. The number of rotatable bonds is 3. The smallest absolute Gasteiger partial charge is 0.0541 e. The zero-order valence-electron chi connectivity index (χ0n) is 26.3. The summed E-state index contributed by atoms with van der Waals surface area (Å²) in [5.41, 5.74) is 14.2. The summed E-state index contributed by atoms with van der Waals surface area (Å²) >= 11 is 1.93. The SMILES string of the molecule is CC1(C)c2ccc(-c3ccc4c(c3)c3cc(-c5ccccc5)ccc3n4-c3ccccc3)cc2-c2c1ccc1c2sc2ccccc21. The van der Waals surface area contributed by atoms with Gasteiger partial charge in [-0.05, 0) is 87.5 Å². The van der Waals surface area contributed by atoms with Crippen LogP contribution in [-0.4, -0.2) is 4.57 Å². The number of benzene rings is 7. The number of nitrogens with zero attached hydrogens (tertiary/aromatic N) is 1. The maximum atomic E-state index is 2.46. The van der Waals surface area contributed by atoms with Crippen LogP contribution in [0.2, 0.25) is 0 Å². The van der Waals surface area contributed by atoms with Gasteiger partial charge in [-0.15, -0.1) is 11.3 Å². The van der Waals surface area contributed by atoms with Crippen molar-refractivity contribution in [3.8, 4) is 39.1 Å². The highest BCUT2D eigenvalue weighted by molar-refractivity contribution is 7.26. The molecule has 2 aromatic heterocycles. The molecule has 222 valence electrons. The Bertz CT molecular complexity index is 2690. The van der Waals surface area contributed by atoms with Gasteiger partial charge in [0.25, 0.3) is 0 Å². The van der Waals surface area contributed by atoms with E-state index in [1.54, 1.807) is 0 Å². The molecule has 1 aliphatic rings. The molecule has 1 aliphatic carbocycles. The minimum absolute atomic E-state index is 0.0472. The summed E-state index contributed by atoms with van der Waals surface area (Å²) in [4.78, 5) is 0. The van der Waals surface area contributed by atoms with E-state index < -0.39 is 0 Å². The lowest BCUT2D eigenvalue weighted by molar-refractivity contribution is 0.661. The Balaban J connectivity index is 1.20. The van der Waals surface area contributed by atoms with Gasteiger partial charge in [0.2, 0.25) is 0 Å². The first-order valence-corrected chi connectivity index (χ1v) is 17.2. The lowest BCUT2D eigenvalue weighted by Gasteiger charge is -2.21. The zero-order chi connectivity index (χ0) is 31.3. The van der Waals surface area contributed by atoms with Gasteiger partial charge in [0.1, 0.15) is 0 Å². The minimum atomic E-state index is -0.0472. The summed E-state index contributed by atoms with van der Waals surface area (Å²) < 4.78 is 5.17. The first kappa shape index (κ1) is 26.7. The number of hydrogen-bond acceptors (Lipinski definition) is 1. The Morgan fingerprint density at radius 2 is 1.06 bits per heavy atom. The number of thiophene rings is 1. The van der Waals surface area contributed by atoms with Gasteiger partial charge in [-0.2, -0.15) is 0 Å². The van der Waals surface area contributed by atoms with Gasteiger partial charge in [-0.25, -0.2) is 0 Å². The summed E-state index contributed by atoms with van der Waals surface area (Å²) in [6.07, 6.45) is 0. The molecule has 10 rings (SSSR count). The summed E-state index contributed by atoms with van der Waals surface area (Å²) in [5.74, 6) is 0. The first-order chi connectivity index (χ1) is 23.1. The molecule has 7 aromatic carbocycles. The van der Waals surface area contributed by atoms with Crippen LogP contribution in [-0.2, 0) is 5.41 Å². The molecule has 0 fully saturated rings. The van der Waals surface area contributed by atoms with Crippen LogP contribution >= 0.6 is 11.3 Å². The fourth-order valence-corrected chi connectivity index (χ4v) is 9.33. The van der Waals surface area contributed by atoms with Crippen LogP contribution in [0.5, 0.6) is 0 Å². The second-order valence-corrected chi connectivity index (χ2v) is 14.4. The number of fused-ring (bicyclic) bond motifs is 10. The Morgan fingerprint density at radius 3 is 1.81 bits per heavy atom. The van der Waals surface area contributed by atoms with Crippen molar-refractivity contribution in [1.29, 1.82) is 0 Å². The van der Waals surface area contributed by atoms with Crippen LogP contribution in [0.25, 0.3) is 81.0 Å². The highest BCUT2D eigenvalue weighted by Gasteiger charge is 2.37. The van der Waals surface area contributed by atoms with E-state index in [-0.39, 0.29) is 5.41 Å². The van der Waals surface area contributed by atoms with Crippen molar-refractivity contribution in [2.24, 2.45) is 0 Å². The second-order valence-electron chi connectivity index (χ2n) is 13.3. The number of para-hydroxylation sites is 1. The van der Waals surface area contributed by atoms with Crippen molar-refractivity contribution in [2.75, 3.05) is 0 Å². The largest absolute Gasteiger partial charge is 0.309 e. The lowest BCUT2D eigenvalue weighted by atomic mass is 9.82. The van der Waals surface area contributed by atoms with Crippen LogP contribution in [0, 0.1) is 0 Å². The maximum Gasteiger partial charge on any atom is 0.0541 e. The molecule has 0 atom stereocenters. The molecule has 0 aliphatic heterocycles. The van der Waals surface area contributed by atoms with Crippen molar-refractivity contribution in [2.45, 2.75) is 19.3 Å². The molecule has 9 aromatic rings. The van der Waals surface area contributed by atoms with E-state index in [1.807, 2.05) is 11.3 Å². The van der Waals surface area contributed by atoms with Crippen LogP contribution in [0.4, 0.5) is 0 Å². The van der Waals surface area contributed by atoms with E-state index in [1.165, 1.54) is 92.2 Å². The average molecular weight is 618 g/mol. The summed E-state index contributed by atoms with van der Waals surface area (Å²) in [5, 5.41) is 5.26. The van der Waals surface area contributed by atoms with Crippen molar-refractivity contribution >= 4 is 53.3 Å². The third-order valence-electron chi connectivity index (χ3n) is 10.4. The molecule has 0 saturated heterocycles. The molecular formula is C45H31NS. The van der Waals surface area contributed by atoms with Crippen molar-refractivity contribution < 1.29 is 0 Å². The van der Waals surface area contributed by atoms with Gasteiger partial charge in [0.05, 0.1) is 11.0 Å². The molecule has 2 heteroatoms. The van der Waals surface area contributed by atoms with Gasteiger partial charge in [-0.3, -0.25) is 0 Å². The molecule has 0 unspecified atom stereocenters. The third-order valence-corrected chi connectivity index (χ3v) is 11.6. The highest BCUT2D eigenvalue weighted by Crippen LogP contribution is 2.54. The molecule has 1 nitrogen and oxygen atoms in total. The molecule has 0 saturated carbocycles. The van der Waals surface area contributed by atoms with Crippen molar-refractivity contribution in [3.63, 3.8) is 0 Å². The highest BCUT2D eigenvalue weighted by atomic mass is 32.1. The van der Waals surface area contributed by atoms with Gasteiger partial charge < -0.3 is 4.57 Å². The van der Waals surface area contributed by atoms with Crippen LogP contribution < -0.4 is 0 Å². The Morgan fingerprint density at radius 1 is 0.468 bits per heavy atom. The fourth-order valence-electron chi connectivity index (χ4n) is 8.07. The summed E-state index contributed by atoms with van der Waals surface area (Å²) in [6.45, 7) is 4.76. The number of hydrogen-bond donors (Lipinski definition) is 0. The molecule has 0 amide bonds. The Labute approximate surface area is 278 Å². The van der Waals surface area contributed by atoms with Crippen molar-refractivity contribution in [3.05, 3.63) is 163 Å². The van der Waals surface area contributed by atoms with E-state index >= 15 is 0 Å². The van der Waals surface area contributed by atoms with E-state index in [0.29, 0.717) is 0 Å². The van der Waals surface area contributed by atoms with E-state index in [2.05, 4.69) is 170 Å². The Kier molecular flexibility index (Phi) is 5.57. The molecule has 47 heavy (non-hydrogen) atoms. The average Bonchev–Trinajstić information content (AvgIpc) is 3.74. The van der Waals surface area contributed by atoms with Crippen LogP contribution in [0.3, 0.4) is 0 Å². The molecular weight excluding hydrogens is 587 g/mol. The standard InChI is InChI=1S/C45H31NS/c1-45(2)38-21-17-30(27-37(38)43-39(45)22-20-34-33-15-9-10-16-42(33)47-44(34)43)31-19-24-41-36(26-31)35-25-29(28-11-5-3-6-12-28)18-23-40(35)46(41)32-13-7-4-8-14-32/h3-27H,1-2H3. The van der Waals surface area contributed by atoms with Gasteiger partial charge in [-0.1, -0.05) is 117 Å². The van der Waals surface area contributed by atoms with Gasteiger partial charge >= 0.3 is 0 Å². The normalized spacial score (nSPS) is 13.5. The van der Waals surface area contributed by atoms with Crippen LogP contribution in [0.15, 0.2) is 152 Å². The second kappa shape index (κ2) is 9.78. The van der Waals surface area contributed by atoms with E-state index in [4.69, 9.17) is 0 Å². The predicted molar refractivity (Wildman–Crippen MR) is 202 cm³/mol. The van der Waals surface area contributed by atoms with Gasteiger partial charge in [0, 0.05) is 47.6 Å². The quantitative estimate of drug-likeness (QED) is 0.186. The summed E-state index contributed by atoms with van der Waals surface area (Å²) in [6, 6.07) is 56.1. The van der Waals surface area contributed by atoms with Gasteiger partial charge in [0.15, 0.2) is 0 Å². The molecule has 2 heterocycles. The van der Waals surface area contributed by atoms with Crippen LogP contribution in [0.1, 0.15) is 25.0 Å². The third kappa shape index (κ3) is 3.83. The molecule has 0 N–H and O–H groups in total. The van der Waals surface area contributed by atoms with E-state index in [9.17, 15) is 0 Å². The maximum absolute atomic E-state index is 2.46. The monoisotopic (exact) mass is 617 g/mol. The topological polar surface area (TPSA) is 4.93 Å². The molecule has 0 radical (unpaired) electrons. The number of aromatic nitrogens is 1. The molecule has 0 bridgehead atoms. The van der Waals surface area contributed by atoms with Crippen molar-refractivity contribution in [1.82, 2.24) is 4.57 Å². The first-order valence-electron chi connectivity index (χ1n) is 16.4. The fraction of sp³-hybridized carbons (Fsp3) is 0.0667. The lowest BCUT2D eigenvalue weighted by Crippen LogP contribution is -2.14. The minimum Gasteiger partial charge on any atom is -0.309 e. The predicted octanol–water partition coefficient (Wildman–Crippen LogP) is 12.8.